The molecule has 3 atom stereocenters. The fourth-order valence-corrected chi connectivity index (χ4v) is 5.01. The van der Waals surface area contributed by atoms with Crippen LogP contribution in [0.1, 0.15) is 44.1 Å². The van der Waals surface area contributed by atoms with E-state index in [1.807, 2.05) is 0 Å². The molecule has 2 aliphatic heterocycles. The molecule has 0 radical (unpaired) electrons. The van der Waals surface area contributed by atoms with Gasteiger partial charge in [0.05, 0.1) is 13.1 Å². The number of Topliss-reactive ketones (excluding diaryl/α,β-unsaturated/α-hetero) is 1. The van der Waals surface area contributed by atoms with E-state index >= 15 is 0 Å². The molecule has 1 aromatic rings. The lowest BCUT2D eigenvalue weighted by molar-refractivity contribution is -0.161. The number of nitrogens with two attached hydrogens (primary N) is 2. The number of piperidine rings is 1. The number of amides is 1. The summed E-state index contributed by atoms with van der Waals surface area (Å²) in [6.07, 6.45) is 3.10. The predicted octanol–water partition coefficient (Wildman–Crippen LogP) is 0.417. The Kier molecular flexibility index (Phi) is 7.51. The molecule has 2 heterocycles. The van der Waals surface area contributed by atoms with Crippen molar-refractivity contribution in [1.29, 1.82) is 0 Å². The lowest BCUT2D eigenvalue weighted by Crippen LogP contribution is -2.59. The number of hydrogen-bond acceptors (Lipinski definition) is 8. The molecule has 3 aliphatic rings. The lowest BCUT2D eigenvalue weighted by Gasteiger charge is -2.45. The van der Waals surface area contributed by atoms with Gasteiger partial charge in [-0.1, -0.05) is 25.0 Å². The van der Waals surface area contributed by atoms with Gasteiger partial charge in [0.1, 0.15) is 23.4 Å². The van der Waals surface area contributed by atoms with Crippen molar-refractivity contribution in [2.24, 2.45) is 17.4 Å². The highest BCUT2D eigenvalue weighted by molar-refractivity contribution is 6.20. The van der Waals surface area contributed by atoms with Gasteiger partial charge in [-0.3, -0.25) is 19.4 Å². The Morgan fingerprint density at radius 3 is 2.44 bits per heavy atom. The van der Waals surface area contributed by atoms with E-state index < -0.39 is 30.1 Å². The van der Waals surface area contributed by atoms with E-state index in [0.717, 1.165) is 32.1 Å². The van der Waals surface area contributed by atoms with E-state index in [0.29, 0.717) is 31.0 Å². The van der Waals surface area contributed by atoms with E-state index in [-0.39, 0.29) is 30.5 Å². The third kappa shape index (κ3) is 5.10. The van der Waals surface area contributed by atoms with E-state index in [1.165, 1.54) is 34.1 Å². The second kappa shape index (κ2) is 10.4. The van der Waals surface area contributed by atoms with Crippen LogP contribution in [-0.2, 0) is 16.1 Å². The summed E-state index contributed by atoms with van der Waals surface area (Å²) < 4.78 is 13.4. The van der Waals surface area contributed by atoms with Crippen LogP contribution >= 0.6 is 0 Å². The van der Waals surface area contributed by atoms with Crippen molar-refractivity contribution >= 4 is 11.7 Å². The molecular weight excluding hydrogens is 441 g/mol. The number of nitrogens with zero attached hydrogens (tertiary/aromatic N) is 3. The Morgan fingerprint density at radius 2 is 1.82 bits per heavy atom. The van der Waals surface area contributed by atoms with Gasteiger partial charge in [0.2, 0.25) is 6.35 Å². The minimum atomic E-state index is -1.33. The van der Waals surface area contributed by atoms with Crippen molar-refractivity contribution in [3.63, 3.8) is 0 Å². The van der Waals surface area contributed by atoms with Crippen LogP contribution < -0.4 is 11.5 Å². The average molecular weight is 476 g/mol. The maximum atomic E-state index is 13.4. The molecule has 6 N–H and O–H groups in total. The monoisotopic (exact) mass is 475 g/mol. The zero-order chi connectivity index (χ0) is 24.4. The quantitative estimate of drug-likeness (QED) is 0.314. The number of rotatable bonds is 8. The van der Waals surface area contributed by atoms with Crippen molar-refractivity contribution in [2.75, 3.05) is 19.6 Å². The molecule has 3 unspecified atom stereocenters. The first-order chi connectivity index (χ1) is 16.3. The summed E-state index contributed by atoms with van der Waals surface area (Å²) in [5, 5.41) is 21.0. The number of aliphatic hydroxyl groups excluding tert-OH is 2. The number of hydrogen-bond donors (Lipinski definition) is 4. The normalized spacial score (nSPS) is 25.5. The van der Waals surface area contributed by atoms with Crippen LogP contribution in [0.25, 0.3) is 0 Å². The van der Waals surface area contributed by atoms with Crippen LogP contribution in [0.4, 0.5) is 4.39 Å². The average Bonchev–Trinajstić information content (AvgIpc) is 2.77. The highest BCUT2D eigenvalue weighted by atomic mass is 19.1. The molecule has 9 nitrogen and oxygen atoms in total. The highest BCUT2D eigenvalue weighted by Crippen LogP contribution is 2.32. The van der Waals surface area contributed by atoms with Crippen molar-refractivity contribution in [1.82, 2.24) is 14.7 Å². The summed E-state index contributed by atoms with van der Waals surface area (Å²) in [6, 6.07) is 5.27. The second-order valence-corrected chi connectivity index (χ2v) is 9.56. The van der Waals surface area contributed by atoms with Gasteiger partial charge < -0.3 is 26.6 Å². The number of ketones is 1. The molecule has 1 saturated heterocycles. The minimum Gasteiger partial charge on any atom is -0.384 e. The summed E-state index contributed by atoms with van der Waals surface area (Å²) in [5.74, 6) is -1.23. The van der Waals surface area contributed by atoms with E-state index in [2.05, 4.69) is 0 Å². The maximum absolute atomic E-state index is 13.4. The SMILES string of the molecule is NC1=C(C(=O)CN2CCCCC2C(N)O)C(=O)N(Cc2ccc(F)cc2)C(O)N1CC1CCC1. The smallest absolute Gasteiger partial charge is 0.264 e. The largest absolute Gasteiger partial charge is 0.384 e. The zero-order valence-corrected chi connectivity index (χ0v) is 19.3. The fraction of sp³-hybridized carbons (Fsp3) is 0.583. The van der Waals surface area contributed by atoms with Gasteiger partial charge in [-0.25, -0.2) is 4.39 Å². The molecule has 0 spiro atoms. The van der Waals surface area contributed by atoms with Gasteiger partial charge in [0.15, 0.2) is 5.78 Å². The van der Waals surface area contributed by atoms with Crippen LogP contribution in [-0.4, -0.2) is 74.9 Å². The Morgan fingerprint density at radius 1 is 1.12 bits per heavy atom. The van der Waals surface area contributed by atoms with Gasteiger partial charge in [-0.15, -0.1) is 0 Å². The molecule has 1 aliphatic carbocycles. The summed E-state index contributed by atoms with van der Waals surface area (Å²) in [6.45, 7) is 0.919. The Hall–Kier alpha value is -2.53. The molecule has 1 saturated carbocycles. The topological polar surface area (TPSA) is 136 Å². The standard InChI is InChI=1S/C24H34FN5O4/c25-17-9-7-16(8-10-17)13-30-23(33)20(21(26)29(24(30)34)12-15-4-3-5-15)19(31)14-28-11-2-1-6-18(28)22(27)32/h7-10,15,18,22,24,32,34H,1-6,11-14,26-27H2. The Bertz CT molecular complexity index is 934. The highest BCUT2D eigenvalue weighted by Gasteiger charge is 2.42. The number of likely N-dealkylation sites (tertiary alicyclic amines) is 1. The van der Waals surface area contributed by atoms with Crippen molar-refractivity contribution < 1.29 is 24.2 Å². The number of carbonyl (C=O) groups excluding carboxylic acids is 2. The predicted molar refractivity (Wildman–Crippen MR) is 123 cm³/mol. The molecule has 0 bridgehead atoms. The second-order valence-electron chi connectivity index (χ2n) is 9.56. The number of aliphatic hydroxyl groups is 2. The van der Waals surface area contributed by atoms with Crippen LogP contribution in [0.15, 0.2) is 35.7 Å². The third-order valence-electron chi connectivity index (χ3n) is 7.23. The van der Waals surface area contributed by atoms with E-state index in [1.54, 1.807) is 4.90 Å². The van der Waals surface area contributed by atoms with E-state index in [4.69, 9.17) is 11.5 Å². The van der Waals surface area contributed by atoms with Crippen molar-refractivity contribution in [2.45, 2.75) is 63.7 Å². The first kappa shape index (κ1) is 24.6. The molecular formula is C24H34FN5O4. The molecule has 1 amide bonds. The zero-order valence-electron chi connectivity index (χ0n) is 19.3. The van der Waals surface area contributed by atoms with Crippen molar-refractivity contribution in [3.05, 3.63) is 47.0 Å². The van der Waals surface area contributed by atoms with Crippen LogP contribution in [0, 0.1) is 11.7 Å². The fourth-order valence-electron chi connectivity index (χ4n) is 5.01. The number of benzene rings is 1. The van der Waals surface area contributed by atoms with Gasteiger partial charge in [-0.05, 0) is 55.8 Å². The Labute approximate surface area is 198 Å². The molecule has 34 heavy (non-hydrogen) atoms. The van der Waals surface area contributed by atoms with Gasteiger partial charge in [0.25, 0.3) is 5.91 Å². The van der Waals surface area contributed by atoms with Crippen molar-refractivity contribution in [3.8, 4) is 0 Å². The minimum absolute atomic E-state index is 0.000635. The van der Waals surface area contributed by atoms with Crippen LogP contribution in [0.3, 0.4) is 0 Å². The molecule has 186 valence electrons. The number of halogens is 1. The summed E-state index contributed by atoms with van der Waals surface area (Å²) >= 11 is 0. The first-order valence-corrected chi connectivity index (χ1v) is 12.0. The molecule has 10 heteroatoms. The van der Waals surface area contributed by atoms with Gasteiger partial charge >= 0.3 is 0 Å². The molecule has 1 aromatic carbocycles. The molecule has 4 rings (SSSR count). The Balaban J connectivity index is 1.61. The first-order valence-electron chi connectivity index (χ1n) is 12.0. The maximum Gasteiger partial charge on any atom is 0.264 e. The van der Waals surface area contributed by atoms with Gasteiger partial charge in [-0.2, -0.15) is 0 Å². The molecule has 0 aromatic heterocycles. The summed E-state index contributed by atoms with van der Waals surface area (Å²) in [7, 11) is 0. The lowest BCUT2D eigenvalue weighted by atomic mass is 9.85. The number of carbonyl (C=O) groups is 2. The third-order valence-corrected chi connectivity index (χ3v) is 7.23. The van der Waals surface area contributed by atoms with E-state index in [9.17, 15) is 24.2 Å². The van der Waals surface area contributed by atoms with Gasteiger partial charge in [0, 0.05) is 12.6 Å². The summed E-state index contributed by atoms with van der Waals surface area (Å²) in [4.78, 5) is 31.4. The summed E-state index contributed by atoms with van der Waals surface area (Å²) in [5.41, 5.74) is 12.5. The molecule has 2 fully saturated rings. The van der Waals surface area contributed by atoms with Crippen LogP contribution in [0.5, 0.6) is 0 Å². The van der Waals surface area contributed by atoms with Crippen LogP contribution in [0.2, 0.25) is 0 Å².